The zero-order valence-electron chi connectivity index (χ0n) is 12.0. The summed E-state index contributed by atoms with van der Waals surface area (Å²) in [4.78, 5) is 27.3. The number of carbonyl (C=O) groups excluding carboxylic acids is 1. The van der Waals surface area contributed by atoms with E-state index in [0.29, 0.717) is 5.13 Å². The molecule has 1 amide bonds. The lowest BCUT2D eigenvalue weighted by atomic mass is 10.1. The van der Waals surface area contributed by atoms with Crippen molar-refractivity contribution in [2.45, 2.75) is 6.92 Å². The van der Waals surface area contributed by atoms with Crippen molar-refractivity contribution < 1.29 is 14.1 Å². The first-order valence-electron chi connectivity index (χ1n) is 6.63. The number of hydrogen-bond donors (Lipinski definition) is 1. The Labute approximate surface area is 134 Å². The Bertz CT molecular complexity index is 870. The number of aryl methyl sites for hydroxylation is 1. The maximum Gasteiger partial charge on any atom is 0.433 e. The Hall–Kier alpha value is -3.00. The highest BCUT2D eigenvalue weighted by Gasteiger charge is 2.19. The van der Waals surface area contributed by atoms with Crippen LogP contribution in [0.4, 0.5) is 11.0 Å². The van der Waals surface area contributed by atoms with Gasteiger partial charge in [-0.15, -0.1) is 11.3 Å². The minimum absolute atomic E-state index is 0.134. The summed E-state index contributed by atoms with van der Waals surface area (Å²) in [5.41, 5.74) is 1.74. The van der Waals surface area contributed by atoms with Crippen LogP contribution in [0.2, 0.25) is 0 Å². The first kappa shape index (κ1) is 14.9. The van der Waals surface area contributed by atoms with Gasteiger partial charge in [0.15, 0.2) is 10.9 Å². The molecule has 0 saturated carbocycles. The van der Waals surface area contributed by atoms with Crippen molar-refractivity contribution in [1.29, 1.82) is 0 Å². The van der Waals surface area contributed by atoms with Crippen LogP contribution in [0.1, 0.15) is 15.4 Å². The molecule has 0 atom stereocenters. The van der Waals surface area contributed by atoms with Crippen molar-refractivity contribution in [3.05, 3.63) is 63.2 Å². The molecule has 0 bridgehead atoms. The number of furan rings is 1. The number of nitro groups is 1. The second-order valence-corrected chi connectivity index (χ2v) is 5.84. The highest BCUT2D eigenvalue weighted by Crippen LogP contribution is 2.30. The lowest BCUT2D eigenvalue weighted by Gasteiger charge is -1.98. The smallest absolute Gasteiger partial charge is 0.395 e. The van der Waals surface area contributed by atoms with Gasteiger partial charge in [0.2, 0.25) is 0 Å². The summed E-state index contributed by atoms with van der Waals surface area (Å²) in [6, 6.07) is 12.0. The van der Waals surface area contributed by atoms with Crippen LogP contribution >= 0.6 is 11.3 Å². The second-order valence-electron chi connectivity index (χ2n) is 4.64. The van der Waals surface area contributed by atoms with Gasteiger partial charge in [-0.05, 0) is 13.0 Å². The molecule has 0 saturated heterocycles. The molecule has 0 fully saturated rings. The van der Waals surface area contributed by atoms with Gasteiger partial charge < -0.3 is 4.42 Å². The molecule has 0 aliphatic heterocycles. The average molecular weight is 329 g/mol. The molecule has 3 rings (SSSR count). The van der Waals surface area contributed by atoms with Crippen LogP contribution in [0.25, 0.3) is 11.3 Å². The van der Waals surface area contributed by atoms with Gasteiger partial charge in [0, 0.05) is 10.4 Å². The third-order valence-corrected chi connectivity index (χ3v) is 3.95. The molecular formula is C15H11N3O4S. The largest absolute Gasteiger partial charge is 0.433 e. The van der Waals surface area contributed by atoms with Crippen LogP contribution in [-0.2, 0) is 0 Å². The molecule has 0 aliphatic carbocycles. The monoisotopic (exact) mass is 329 g/mol. The molecule has 0 aliphatic rings. The summed E-state index contributed by atoms with van der Waals surface area (Å²) in [5, 5.41) is 13.6. The Morgan fingerprint density at radius 1 is 1.26 bits per heavy atom. The molecule has 0 radical (unpaired) electrons. The predicted molar refractivity (Wildman–Crippen MR) is 85.6 cm³/mol. The maximum atomic E-state index is 12.0. The fraction of sp³-hybridized carbons (Fsp3) is 0.0667. The first-order chi connectivity index (χ1) is 11.0. The number of thiazole rings is 1. The summed E-state index contributed by atoms with van der Waals surface area (Å²) in [5.74, 6) is -1.19. The molecule has 3 aromatic rings. The van der Waals surface area contributed by atoms with Crippen molar-refractivity contribution >= 4 is 28.3 Å². The molecule has 1 N–H and O–H groups in total. The number of benzene rings is 1. The fourth-order valence-electron chi connectivity index (χ4n) is 2.02. The molecule has 116 valence electrons. The molecule has 23 heavy (non-hydrogen) atoms. The third kappa shape index (κ3) is 3.11. The van der Waals surface area contributed by atoms with Crippen molar-refractivity contribution in [2.24, 2.45) is 0 Å². The van der Waals surface area contributed by atoms with E-state index in [0.717, 1.165) is 22.2 Å². The van der Waals surface area contributed by atoms with Gasteiger partial charge in [0.05, 0.1) is 11.8 Å². The van der Waals surface area contributed by atoms with E-state index in [-0.39, 0.29) is 5.76 Å². The molecule has 0 spiro atoms. The standard InChI is InChI=1S/C15H11N3O4S/c1-9-13(10-5-3-2-4-6-10)16-15(23-9)17-14(19)11-7-8-12(22-11)18(20)21/h2-8H,1H3,(H,16,17,19). The minimum Gasteiger partial charge on any atom is -0.395 e. The summed E-state index contributed by atoms with van der Waals surface area (Å²) < 4.78 is 4.87. The number of nitrogens with one attached hydrogen (secondary N) is 1. The van der Waals surface area contributed by atoms with Crippen molar-refractivity contribution in [2.75, 3.05) is 5.32 Å². The lowest BCUT2D eigenvalue weighted by molar-refractivity contribution is -0.402. The van der Waals surface area contributed by atoms with Crippen LogP contribution in [0.3, 0.4) is 0 Å². The maximum absolute atomic E-state index is 12.0. The van der Waals surface area contributed by atoms with E-state index >= 15 is 0 Å². The number of aromatic nitrogens is 1. The van der Waals surface area contributed by atoms with Gasteiger partial charge >= 0.3 is 5.88 Å². The van der Waals surface area contributed by atoms with Crippen molar-refractivity contribution in [3.8, 4) is 11.3 Å². The second kappa shape index (κ2) is 6.01. The molecule has 8 heteroatoms. The van der Waals surface area contributed by atoms with Gasteiger partial charge in [0.1, 0.15) is 4.92 Å². The van der Waals surface area contributed by atoms with Crippen LogP contribution in [0.15, 0.2) is 46.9 Å². The Morgan fingerprint density at radius 2 is 2.00 bits per heavy atom. The topological polar surface area (TPSA) is 98.3 Å². The zero-order chi connectivity index (χ0) is 16.4. The number of anilines is 1. The van der Waals surface area contributed by atoms with E-state index in [1.807, 2.05) is 37.3 Å². The van der Waals surface area contributed by atoms with Gasteiger partial charge in [0.25, 0.3) is 5.91 Å². The van der Waals surface area contributed by atoms with E-state index in [2.05, 4.69) is 10.3 Å². The summed E-state index contributed by atoms with van der Waals surface area (Å²) >= 11 is 1.33. The molecule has 7 nitrogen and oxygen atoms in total. The quantitative estimate of drug-likeness (QED) is 0.578. The molecular weight excluding hydrogens is 318 g/mol. The lowest BCUT2D eigenvalue weighted by Crippen LogP contribution is -2.10. The van der Waals surface area contributed by atoms with Gasteiger partial charge in [-0.2, -0.15) is 0 Å². The predicted octanol–water partition coefficient (Wildman–Crippen LogP) is 3.87. The Morgan fingerprint density at radius 3 is 2.65 bits per heavy atom. The SMILES string of the molecule is Cc1sc(NC(=O)c2ccc([N+](=O)[O-])o2)nc1-c1ccccc1. The third-order valence-electron chi connectivity index (χ3n) is 3.06. The van der Waals surface area contributed by atoms with E-state index < -0.39 is 16.7 Å². The highest BCUT2D eigenvalue weighted by atomic mass is 32.1. The Kier molecular flexibility index (Phi) is 3.90. The van der Waals surface area contributed by atoms with Gasteiger partial charge in [-0.3, -0.25) is 20.2 Å². The normalized spacial score (nSPS) is 10.5. The van der Waals surface area contributed by atoms with Crippen LogP contribution in [0.5, 0.6) is 0 Å². The number of hydrogen-bond acceptors (Lipinski definition) is 6. The van der Waals surface area contributed by atoms with Crippen LogP contribution < -0.4 is 5.32 Å². The molecule has 2 heterocycles. The highest BCUT2D eigenvalue weighted by molar-refractivity contribution is 7.16. The van der Waals surface area contributed by atoms with E-state index in [1.54, 1.807) is 0 Å². The molecule has 0 unspecified atom stereocenters. The molecule has 1 aromatic carbocycles. The van der Waals surface area contributed by atoms with E-state index in [1.165, 1.54) is 17.4 Å². The zero-order valence-corrected chi connectivity index (χ0v) is 12.8. The van der Waals surface area contributed by atoms with Crippen LogP contribution in [-0.4, -0.2) is 15.8 Å². The fourth-order valence-corrected chi connectivity index (χ4v) is 2.85. The van der Waals surface area contributed by atoms with Gasteiger partial charge in [-0.25, -0.2) is 4.98 Å². The van der Waals surface area contributed by atoms with Crippen molar-refractivity contribution in [3.63, 3.8) is 0 Å². The number of carbonyl (C=O) groups is 1. The van der Waals surface area contributed by atoms with E-state index in [9.17, 15) is 14.9 Å². The van der Waals surface area contributed by atoms with Crippen LogP contribution in [0, 0.1) is 17.0 Å². The Balaban J connectivity index is 1.80. The summed E-state index contributed by atoms with van der Waals surface area (Å²) in [7, 11) is 0. The molecule has 2 aromatic heterocycles. The number of rotatable bonds is 4. The van der Waals surface area contributed by atoms with Crippen molar-refractivity contribution in [1.82, 2.24) is 4.98 Å². The summed E-state index contributed by atoms with van der Waals surface area (Å²) in [6.07, 6.45) is 0. The first-order valence-corrected chi connectivity index (χ1v) is 7.44. The summed E-state index contributed by atoms with van der Waals surface area (Å²) in [6.45, 7) is 1.91. The average Bonchev–Trinajstić information content (AvgIpc) is 3.15. The number of amides is 1. The minimum atomic E-state index is -0.697. The van der Waals surface area contributed by atoms with E-state index in [4.69, 9.17) is 4.42 Å². The number of nitrogens with zero attached hydrogens (tertiary/aromatic N) is 2. The van der Waals surface area contributed by atoms with Gasteiger partial charge in [-0.1, -0.05) is 30.3 Å².